The van der Waals surface area contributed by atoms with Gasteiger partial charge in [-0.25, -0.2) is 4.79 Å². The average Bonchev–Trinajstić information content (AvgIpc) is 2.72. The van der Waals surface area contributed by atoms with Crippen LogP contribution in [0.1, 0.15) is 44.0 Å². The van der Waals surface area contributed by atoms with Crippen molar-refractivity contribution in [3.63, 3.8) is 0 Å². The molecule has 0 bridgehead atoms. The number of nitrogens with zero attached hydrogens (tertiary/aromatic N) is 1. The number of hydrogen-bond acceptors (Lipinski definition) is 4. The van der Waals surface area contributed by atoms with Crippen LogP contribution in [0.5, 0.6) is 5.75 Å². The number of benzene rings is 2. The minimum absolute atomic E-state index is 0.0955. The maximum atomic E-state index is 12.5. The molecule has 2 amide bonds. The lowest BCUT2D eigenvalue weighted by Crippen LogP contribution is -2.43. The Kier molecular flexibility index (Phi) is 6.65. The predicted molar refractivity (Wildman–Crippen MR) is 116 cm³/mol. The van der Waals surface area contributed by atoms with Crippen molar-refractivity contribution in [1.82, 2.24) is 10.2 Å². The SMILES string of the molecule is CC(C)(C)OC(=O)N1CCC(CNC(=O)c2ccc(-c3ccc(O)cc3)cc2)CC1. The lowest BCUT2D eigenvalue weighted by Gasteiger charge is -2.33. The van der Waals surface area contributed by atoms with Crippen LogP contribution in [-0.2, 0) is 4.74 Å². The van der Waals surface area contributed by atoms with E-state index in [1.807, 2.05) is 57.2 Å². The molecule has 0 radical (unpaired) electrons. The third-order valence-corrected chi connectivity index (χ3v) is 5.17. The highest BCUT2D eigenvalue weighted by Crippen LogP contribution is 2.23. The van der Waals surface area contributed by atoms with Crippen LogP contribution in [0.2, 0.25) is 0 Å². The van der Waals surface area contributed by atoms with E-state index in [0.717, 1.165) is 24.0 Å². The Morgan fingerprint density at radius 1 is 1.00 bits per heavy atom. The molecule has 1 aliphatic rings. The summed E-state index contributed by atoms with van der Waals surface area (Å²) >= 11 is 0. The smallest absolute Gasteiger partial charge is 0.410 e. The second-order valence-corrected chi connectivity index (χ2v) is 8.75. The van der Waals surface area contributed by atoms with Crippen molar-refractivity contribution >= 4 is 12.0 Å². The first-order valence-corrected chi connectivity index (χ1v) is 10.4. The van der Waals surface area contributed by atoms with Gasteiger partial charge in [-0.3, -0.25) is 4.79 Å². The minimum Gasteiger partial charge on any atom is -0.508 e. The molecule has 2 aromatic rings. The van der Waals surface area contributed by atoms with Gasteiger partial charge in [0.05, 0.1) is 0 Å². The first-order valence-electron chi connectivity index (χ1n) is 10.4. The van der Waals surface area contributed by atoms with Crippen LogP contribution in [0.3, 0.4) is 0 Å². The summed E-state index contributed by atoms with van der Waals surface area (Å²) in [6.07, 6.45) is 1.43. The van der Waals surface area contributed by atoms with E-state index in [1.165, 1.54) is 0 Å². The van der Waals surface area contributed by atoms with E-state index in [2.05, 4.69) is 5.32 Å². The van der Waals surface area contributed by atoms with E-state index >= 15 is 0 Å². The molecule has 0 spiro atoms. The number of hydrogen-bond donors (Lipinski definition) is 2. The first kappa shape index (κ1) is 21.7. The molecule has 0 saturated carbocycles. The summed E-state index contributed by atoms with van der Waals surface area (Å²) in [5.41, 5.74) is 2.10. The Hall–Kier alpha value is -3.02. The number of phenolic OH excluding ortho intramolecular Hbond substituents is 1. The number of carbonyl (C=O) groups is 2. The molecule has 1 aliphatic heterocycles. The molecule has 0 aromatic heterocycles. The molecule has 2 N–H and O–H groups in total. The maximum absolute atomic E-state index is 12.5. The van der Waals surface area contributed by atoms with E-state index in [-0.39, 0.29) is 17.7 Å². The fraction of sp³-hybridized carbons (Fsp3) is 0.417. The zero-order chi connectivity index (χ0) is 21.7. The summed E-state index contributed by atoms with van der Waals surface area (Å²) in [4.78, 5) is 26.4. The lowest BCUT2D eigenvalue weighted by atomic mass is 9.97. The number of phenols is 1. The molecule has 1 fully saturated rings. The number of ether oxygens (including phenoxy) is 1. The fourth-order valence-corrected chi connectivity index (χ4v) is 3.45. The lowest BCUT2D eigenvalue weighted by molar-refractivity contribution is 0.0183. The van der Waals surface area contributed by atoms with Gasteiger partial charge in [0, 0.05) is 25.2 Å². The minimum atomic E-state index is -0.486. The van der Waals surface area contributed by atoms with Crippen molar-refractivity contribution in [3.8, 4) is 16.9 Å². The third kappa shape index (κ3) is 5.99. The molecule has 6 nitrogen and oxygen atoms in total. The third-order valence-electron chi connectivity index (χ3n) is 5.17. The summed E-state index contributed by atoms with van der Waals surface area (Å²) in [6.45, 7) is 7.49. The van der Waals surface area contributed by atoms with Gasteiger partial charge in [-0.05, 0) is 74.9 Å². The summed E-state index contributed by atoms with van der Waals surface area (Å²) in [7, 11) is 0. The van der Waals surface area contributed by atoms with Gasteiger partial charge in [0.1, 0.15) is 11.4 Å². The second kappa shape index (κ2) is 9.20. The van der Waals surface area contributed by atoms with E-state index in [4.69, 9.17) is 4.74 Å². The summed E-state index contributed by atoms with van der Waals surface area (Å²) in [5.74, 6) is 0.484. The van der Waals surface area contributed by atoms with Crippen molar-refractivity contribution < 1.29 is 19.4 Å². The van der Waals surface area contributed by atoms with Crippen molar-refractivity contribution in [2.45, 2.75) is 39.2 Å². The monoisotopic (exact) mass is 410 g/mol. The number of piperidine rings is 1. The predicted octanol–water partition coefficient (Wildman–Crippen LogP) is 4.44. The number of nitrogens with one attached hydrogen (secondary N) is 1. The Bertz CT molecular complexity index is 862. The maximum Gasteiger partial charge on any atom is 0.410 e. The second-order valence-electron chi connectivity index (χ2n) is 8.75. The van der Waals surface area contributed by atoms with Gasteiger partial charge < -0.3 is 20.1 Å². The van der Waals surface area contributed by atoms with Crippen molar-refractivity contribution in [3.05, 3.63) is 54.1 Å². The average molecular weight is 411 g/mol. The molecular formula is C24H30N2O4. The fourth-order valence-electron chi connectivity index (χ4n) is 3.45. The first-order chi connectivity index (χ1) is 14.2. The quantitative estimate of drug-likeness (QED) is 0.781. The number of aromatic hydroxyl groups is 1. The highest BCUT2D eigenvalue weighted by atomic mass is 16.6. The molecular weight excluding hydrogens is 380 g/mol. The number of rotatable bonds is 4. The number of amides is 2. The highest BCUT2D eigenvalue weighted by Gasteiger charge is 2.27. The molecule has 1 heterocycles. The number of carbonyl (C=O) groups excluding carboxylic acids is 2. The summed E-state index contributed by atoms with van der Waals surface area (Å²) < 4.78 is 5.42. The highest BCUT2D eigenvalue weighted by molar-refractivity contribution is 5.94. The standard InChI is InChI=1S/C24H30N2O4/c1-24(2,3)30-23(29)26-14-12-17(13-15-26)16-25-22(28)20-6-4-18(5-7-20)19-8-10-21(27)11-9-19/h4-11,17,27H,12-16H2,1-3H3,(H,25,28). The van der Waals surface area contributed by atoms with Crippen LogP contribution in [0.15, 0.2) is 48.5 Å². The molecule has 2 aromatic carbocycles. The molecule has 3 rings (SSSR count). The van der Waals surface area contributed by atoms with Crippen LogP contribution < -0.4 is 5.32 Å². The van der Waals surface area contributed by atoms with Crippen LogP contribution in [-0.4, -0.2) is 47.2 Å². The van der Waals surface area contributed by atoms with E-state index in [9.17, 15) is 14.7 Å². The normalized spacial score (nSPS) is 15.0. The van der Waals surface area contributed by atoms with E-state index < -0.39 is 5.60 Å². The van der Waals surface area contributed by atoms with Gasteiger partial charge in [0.2, 0.25) is 0 Å². The molecule has 30 heavy (non-hydrogen) atoms. The Morgan fingerprint density at radius 3 is 2.07 bits per heavy atom. The molecule has 0 aliphatic carbocycles. The van der Waals surface area contributed by atoms with Crippen LogP contribution in [0.4, 0.5) is 4.79 Å². The van der Waals surface area contributed by atoms with Crippen molar-refractivity contribution in [1.29, 1.82) is 0 Å². The zero-order valence-corrected chi connectivity index (χ0v) is 17.9. The van der Waals surface area contributed by atoms with Gasteiger partial charge in [-0.2, -0.15) is 0 Å². The molecule has 6 heteroatoms. The van der Waals surface area contributed by atoms with Crippen LogP contribution in [0.25, 0.3) is 11.1 Å². The summed E-state index contributed by atoms with van der Waals surface area (Å²) in [5, 5.41) is 12.4. The van der Waals surface area contributed by atoms with Gasteiger partial charge >= 0.3 is 6.09 Å². The Labute approximate surface area is 177 Å². The topological polar surface area (TPSA) is 78.9 Å². The largest absolute Gasteiger partial charge is 0.508 e. The van der Waals surface area contributed by atoms with Crippen molar-refractivity contribution in [2.24, 2.45) is 5.92 Å². The molecule has 160 valence electrons. The zero-order valence-electron chi connectivity index (χ0n) is 17.9. The van der Waals surface area contributed by atoms with Gasteiger partial charge in [0.15, 0.2) is 0 Å². The van der Waals surface area contributed by atoms with Gasteiger partial charge in [-0.15, -0.1) is 0 Å². The van der Waals surface area contributed by atoms with E-state index in [1.54, 1.807) is 17.0 Å². The van der Waals surface area contributed by atoms with Crippen molar-refractivity contribution in [2.75, 3.05) is 19.6 Å². The molecule has 1 saturated heterocycles. The number of likely N-dealkylation sites (tertiary alicyclic amines) is 1. The van der Waals surface area contributed by atoms with E-state index in [0.29, 0.717) is 31.1 Å². The molecule has 0 unspecified atom stereocenters. The van der Waals surface area contributed by atoms with Crippen LogP contribution in [0, 0.1) is 5.92 Å². The molecule has 0 atom stereocenters. The Balaban J connectivity index is 1.46. The van der Waals surface area contributed by atoms with Gasteiger partial charge in [-0.1, -0.05) is 24.3 Å². The Morgan fingerprint density at radius 2 is 1.53 bits per heavy atom. The van der Waals surface area contributed by atoms with Crippen LogP contribution >= 0.6 is 0 Å². The van der Waals surface area contributed by atoms with Gasteiger partial charge in [0.25, 0.3) is 5.91 Å². The summed E-state index contributed by atoms with van der Waals surface area (Å²) in [6, 6.07) is 14.4.